The van der Waals surface area contributed by atoms with Crippen LogP contribution in [0.1, 0.15) is 18.4 Å². The zero-order valence-corrected chi connectivity index (χ0v) is 11.2. The van der Waals surface area contributed by atoms with Crippen molar-refractivity contribution in [3.63, 3.8) is 0 Å². The summed E-state index contributed by atoms with van der Waals surface area (Å²) in [6.07, 6.45) is 3.46. The van der Waals surface area contributed by atoms with Gasteiger partial charge < -0.3 is 10.0 Å². The van der Waals surface area contributed by atoms with E-state index in [0.717, 1.165) is 31.5 Å². The molecule has 1 N–H and O–H groups in total. The van der Waals surface area contributed by atoms with Crippen LogP contribution in [0.15, 0.2) is 12.3 Å². The normalized spacial score (nSPS) is 23.8. The van der Waals surface area contributed by atoms with Gasteiger partial charge >= 0.3 is 0 Å². The van der Waals surface area contributed by atoms with Gasteiger partial charge in [0.05, 0.1) is 6.10 Å². The number of aromatic nitrogens is 1. The Kier molecular flexibility index (Phi) is 4.26. The van der Waals surface area contributed by atoms with E-state index >= 15 is 0 Å². The molecule has 0 aliphatic heterocycles. The van der Waals surface area contributed by atoms with Gasteiger partial charge in [-0.1, -0.05) is 23.2 Å². The summed E-state index contributed by atoms with van der Waals surface area (Å²) in [5.74, 6) is 0.606. The maximum atomic E-state index is 9.23. The Morgan fingerprint density at radius 2 is 2.18 bits per heavy atom. The number of pyridine rings is 1. The van der Waals surface area contributed by atoms with Gasteiger partial charge in [-0.15, -0.1) is 0 Å². The highest BCUT2D eigenvalue weighted by Gasteiger charge is 2.27. The first-order valence-electron chi connectivity index (χ1n) is 5.71. The van der Waals surface area contributed by atoms with Crippen LogP contribution in [0.25, 0.3) is 0 Å². The maximum Gasteiger partial charge on any atom is 0.130 e. The predicted molar refractivity (Wildman–Crippen MR) is 69.3 cm³/mol. The fourth-order valence-electron chi connectivity index (χ4n) is 2.20. The number of nitrogens with zero attached hydrogens (tertiary/aromatic N) is 2. The van der Waals surface area contributed by atoms with Crippen molar-refractivity contribution in [3.8, 4) is 0 Å². The Labute approximate surface area is 111 Å². The van der Waals surface area contributed by atoms with Gasteiger partial charge in [0.2, 0.25) is 0 Å². The molecule has 2 rings (SSSR count). The monoisotopic (exact) mass is 274 g/mol. The minimum atomic E-state index is -0.0887. The average Bonchev–Trinajstić information content (AvgIpc) is 2.20. The van der Waals surface area contributed by atoms with Crippen molar-refractivity contribution in [1.82, 2.24) is 9.88 Å². The molecular weight excluding hydrogens is 259 g/mol. The molecule has 1 aliphatic carbocycles. The van der Waals surface area contributed by atoms with E-state index in [-0.39, 0.29) is 6.10 Å². The van der Waals surface area contributed by atoms with E-state index < -0.39 is 0 Å². The number of halogens is 2. The first kappa shape index (κ1) is 13.1. The van der Waals surface area contributed by atoms with Crippen molar-refractivity contribution in [2.75, 3.05) is 13.6 Å². The van der Waals surface area contributed by atoms with E-state index in [9.17, 15) is 5.11 Å². The third-order valence-corrected chi connectivity index (χ3v) is 3.68. The lowest BCUT2D eigenvalue weighted by Crippen LogP contribution is -2.36. The highest BCUT2D eigenvalue weighted by Crippen LogP contribution is 2.28. The number of hydrogen-bond acceptors (Lipinski definition) is 3. The summed E-state index contributed by atoms with van der Waals surface area (Å²) in [5.41, 5.74) is 0.985. The highest BCUT2D eigenvalue weighted by atomic mass is 35.5. The van der Waals surface area contributed by atoms with Gasteiger partial charge in [0.15, 0.2) is 0 Å². The van der Waals surface area contributed by atoms with E-state index in [1.165, 1.54) is 0 Å². The van der Waals surface area contributed by atoms with Crippen molar-refractivity contribution in [2.45, 2.75) is 25.5 Å². The Hall–Kier alpha value is -0.350. The van der Waals surface area contributed by atoms with Crippen molar-refractivity contribution in [3.05, 3.63) is 28.0 Å². The fraction of sp³-hybridized carbons (Fsp3) is 0.583. The van der Waals surface area contributed by atoms with Gasteiger partial charge in [-0.05, 0) is 31.9 Å². The van der Waals surface area contributed by atoms with Crippen LogP contribution in [-0.4, -0.2) is 34.7 Å². The third-order valence-electron chi connectivity index (χ3n) is 3.12. The molecule has 1 fully saturated rings. The molecule has 0 spiro atoms. The second-order valence-electron chi connectivity index (χ2n) is 4.79. The molecule has 0 radical (unpaired) electrons. The smallest absolute Gasteiger partial charge is 0.130 e. The Morgan fingerprint density at radius 1 is 1.47 bits per heavy atom. The standard InChI is InChI=1S/C12H16Cl2N2O/c1-16(6-8-2-10(17)3-8)7-9-5-15-12(14)4-11(9)13/h4-5,8,10,17H,2-3,6-7H2,1H3. The Bertz CT molecular complexity index is 394. The minimum Gasteiger partial charge on any atom is -0.393 e. The molecule has 1 saturated carbocycles. The molecule has 1 aromatic heterocycles. The van der Waals surface area contributed by atoms with Crippen molar-refractivity contribution < 1.29 is 5.11 Å². The van der Waals surface area contributed by atoms with Gasteiger partial charge in [-0.3, -0.25) is 0 Å². The van der Waals surface area contributed by atoms with Crippen LogP contribution in [-0.2, 0) is 6.54 Å². The SMILES string of the molecule is CN(Cc1cnc(Cl)cc1Cl)CC1CC(O)C1. The molecule has 0 bridgehead atoms. The average molecular weight is 275 g/mol. The number of aliphatic hydroxyl groups excluding tert-OH is 1. The lowest BCUT2D eigenvalue weighted by atomic mass is 9.82. The van der Waals surface area contributed by atoms with Crippen LogP contribution in [0.3, 0.4) is 0 Å². The van der Waals surface area contributed by atoms with Crippen molar-refractivity contribution in [2.24, 2.45) is 5.92 Å². The summed E-state index contributed by atoms with van der Waals surface area (Å²) in [6, 6.07) is 1.67. The van der Waals surface area contributed by atoms with Gasteiger partial charge in [-0.25, -0.2) is 4.98 Å². The first-order chi connectivity index (χ1) is 8.04. The molecule has 0 saturated heterocycles. The molecule has 0 unspecified atom stereocenters. The van der Waals surface area contributed by atoms with E-state index in [1.54, 1.807) is 12.3 Å². The van der Waals surface area contributed by atoms with E-state index in [1.807, 2.05) is 0 Å². The van der Waals surface area contributed by atoms with Crippen LogP contribution < -0.4 is 0 Å². The van der Waals surface area contributed by atoms with Crippen LogP contribution >= 0.6 is 23.2 Å². The van der Waals surface area contributed by atoms with Crippen LogP contribution in [0.2, 0.25) is 10.2 Å². The summed E-state index contributed by atoms with van der Waals surface area (Å²) in [5, 5.41) is 10.3. The second kappa shape index (κ2) is 5.53. The number of hydrogen-bond donors (Lipinski definition) is 1. The predicted octanol–water partition coefficient (Wildman–Crippen LogP) is 2.59. The lowest BCUT2D eigenvalue weighted by molar-refractivity contribution is 0.0274. The summed E-state index contributed by atoms with van der Waals surface area (Å²) in [7, 11) is 2.05. The largest absolute Gasteiger partial charge is 0.393 e. The summed E-state index contributed by atoms with van der Waals surface area (Å²) >= 11 is 11.8. The van der Waals surface area contributed by atoms with Crippen molar-refractivity contribution in [1.29, 1.82) is 0 Å². The Morgan fingerprint density at radius 3 is 2.76 bits per heavy atom. The van der Waals surface area contributed by atoms with E-state index in [4.69, 9.17) is 23.2 Å². The van der Waals surface area contributed by atoms with Gasteiger partial charge in [0.1, 0.15) is 5.15 Å². The molecule has 1 heterocycles. The van der Waals surface area contributed by atoms with E-state index in [0.29, 0.717) is 16.1 Å². The summed E-state index contributed by atoms with van der Waals surface area (Å²) in [4.78, 5) is 6.23. The molecule has 94 valence electrons. The molecule has 17 heavy (non-hydrogen) atoms. The minimum absolute atomic E-state index is 0.0887. The number of aliphatic hydroxyl groups is 1. The zero-order chi connectivity index (χ0) is 12.4. The zero-order valence-electron chi connectivity index (χ0n) is 9.74. The highest BCUT2D eigenvalue weighted by molar-refractivity contribution is 6.34. The molecule has 3 nitrogen and oxygen atoms in total. The molecule has 1 aromatic rings. The summed E-state index contributed by atoms with van der Waals surface area (Å²) < 4.78 is 0. The molecule has 0 aromatic carbocycles. The lowest BCUT2D eigenvalue weighted by Gasteiger charge is -2.34. The third kappa shape index (κ3) is 3.55. The van der Waals surface area contributed by atoms with Gasteiger partial charge in [-0.2, -0.15) is 0 Å². The van der Waals surface area contributed by atoms with Crippen molar-refractivity contribution >= 4 is 23.2 Å². The number of rotatable bonds is 4. The quantitative estimate of drug-likeness (QED) is 0.858. The molecule has 0 atom stereocenters. The van der Waals surface area contributed by atoms with Gasteiger partial charge in [0.25, 0.3) is 0 Å². The fourth-order valence-corrected chi connectivity index (χ4v) is 2.62. The Balaban J connectivity index is 1.87. The van der Waals surface area contributed by atoms with Gasteiger partial charge in [0, 0.05) is 29.9 Å². The van der Waals surface area contributed by atoms with Crippen LogP contribution in [0.5, 0.6) is 0 Å². The first-order valence-corrected chi connectivity index (χ1v) is 6.46. The molecule has 0 amide bonds. The van der Waals surface area contributed by atoms with E-state index in [2.05, 4.69) is 16.9 Å². The van der Waals surface area contributed by atoms with Crippen LogP contribution in [0.4, 0.5) is 0 Å². The molecule has 1 aliphatic rings. The topological polar surface area (TPSA) is 36.4 Å². The van der Waals surface area contributed by atoms with Crippen LogP contribution in [0, 0.1) is 5.92 Å². The second-order valence-corrected chi connectivity index (χ2v) is 5.58. The maximum absolute atomic E-state index is 9.23. The molecular formula is C12H16Cl2N2O. The summed E-state index contributed by atoms with van der Waals surface area (Å²) in [6.45, 7) is 1.74. The molecule has 5 heteroatoms.